The number of anilines is 1. The van der Waals surface area contributed by atoms with Crippen LogP contribution in [-0.4, -0.2) is 48.3 Å². The highest BCUT2D eigenvalue weighted by molar-refractivity contribution is 9.10. The summed E-state index contributed by atoms with van der Waals surface area (Å²) in [6.45, 7) is 0.847. The Morgan fingerprint density at radius 1 is 1.50 bits per heavy atom. The molecule has 0 radical (unpaired) electrons. The molecule has 1 atom stereocenters. The van der Waals surface area contributed by atoms with Gasteiger partial charge in [0.2, 0.25) is 0 Å². The van der Waals surface area contributed by atoms with Gasteiger partial charge in [0.05, 0.1) is 18.8 Å². The Morgan fingerprint density at radius 2 is 2.25 bits per heavy atom. The number of nitrogens with zero attached hydrogens (tertiary/aromatic N) is 1. The molecule has 1 saturated heterocycles. The van der Waals surface area contributed by atoms with Gasteiger partial charge in [-0.25, -0.2) is 9.59 Å². The van der Waals surface area contributed by atoms with E-state index in [0.717, 1.165) is 0 Å². The van der Waals surface area contributed by atoms with Gasteiger partial charge in [0, 0.05) is 23.2 Å². The number of carbonyl (C=O) groups is 2. The number of amides is 2. The number of halogens is 1. The van der Waals surface area contributed by atoms with Crippen LogP contribution in [0.3, 0.4) is 0 Å². The fourth-order valence-electron chi connectivity index (χ4n) is 2.00. The molecule has 0 aliphatic carbocycles. The van der Waals surface area contributed by atoms with Gasteiger partial charge in [-0.3, -0.25) is 0 Å². The lowest BCUT2D eigenvalue weighted by atomic mass is 10.2. The molecule has 6 nitrogen and oxygen atoms in total. The molecule has 0 aromatic heterocycles. The van der Waals surface area contributed by atoms with E-state index in [-0.39, 0.29) is 6.03 Å². The summed E-state index contributed by atoms with van der Waals surface area (Å²) in [4.78, 5) is 25.1. The number of rotatable bonds is 2. The van der Waals surface area contributed by atoms with Crippen LogP contribution >= 0.6 is 15.9 Å². The Hall–Kier alpha value is -1.60. The van der Waals surface area contributed by atoms with Gasteiger partial charge in [0.25, 0.3) is 0 Å². The average molecular weight is 343 g/mol. The molecule has 7 heteroatoms. The number of hydrogen-bond acceptors (Lipinski definition) is 4. The number of methoxy groups -OCH3 is 1. The minimum Gasteiger partial charge on any atom is -0.465 e. The predicted molar refractivity (Wildman–Crippen MR) is 76.7 cm³/mol. The number of urea groups is 1. The van der Waals surface area contributed by atoms with Crippen molar-refractivity contribution in [2.45, 2.75) is 12.5 Å². The molecular weight excluding hydrogens is 328 g/mol. The van der Waals surface area contributed by atoms with Crippen LogP contribution < -0.4 is 5.32 Å². The average Bonchev–Trinajstić information content (AvgIpc) is 2.87. The van der Waals surface area contributed by atoms with Crippen LogP contribution in [-0.2, 0) is 4.74 Å². The number of aliphatic hydroxyl groups excluding tert-OH is 1. The van der Waals surface area contributed by atoms with Crippen LogP contribution in [0.4, 0.5) is 10.5 Å². The van der Waals surface area contributed by atoms with E-state index in [0.29, 0.717) is 35.2 Å². The Bertz CT molecular complexity index is 535. The van der Waals surface area contributed by atoms with Gasteiger partial charge in [0.15, 0.2) is 0 Å². The minimum atomic E-state index is -0.482. The fourth-order valence-corrected chi connectivity index (χ4v) is 2.41. The quantitative estimate of drug-likeness (QED) is 0.803. The lowest BCUT2D eigenvalue weighted by Gasteiger charge is -2.17. The van der Waals surface area contributed by atoms with E-state index in [1.54, 1.807) is 18.2 Å². The maximum absolute atomic E-state index is 12.0. The summed E-state index contributed by atoms with van der Waals surface area (Å²) in [7, 11) is 1.30. The molecule has 2 rings (SSSR count). The molecule has 1 aliphatic rings. The number of likely N-dealkylation sites (tertiary alicyclic amines) is 1. The van der Waals surface area contributed by atoms with Gasteiger partial charge in [-0.05, 0) is 40.5 Å². The summed E-state index contributed by atoms with van der Waals surface area (Å²) in [5.41, 5.74) is 0.840. The third-order valence-electron chi connectivity index (χ3n) is 3.07. The molecule has 0 bridgehead atoms. The highest BCUT2D eigenvalue weighted by Gasteiger charge is 2.24. The van der Waals surface area contributed by atoms with Crippen LogP contribution in [0.1, 0.15) is 16.8 Å². The van der Waals surface area contributed by atoms with Gasteiger partial charge in [-0.1, -0.05) is 0 Å². The topological polar surface area (TPSA) is 78.9 Å². The number of esters is 1. The van der Waals surface area contributed by atoms with Crippen molar-refractivity contribution in [2.24, 2.45) is 0 Å². The maximum atomic E-state index is 12.0. The molecule has 0 unspecified atom stereocenters. The lowest BCUT2D eigenvalue weighted by molar-refractivity contribution is 0.0599. The lowest BCUT2D eigenvalue weighted by Crippen LogP contribution is -2.33. The number of nitrogens with one attached hydrogen (secondary N) is 1. The zero-order valence-electron chi connectivity index (χ0n) is 10.9. The van der Waals surface area contributed by atoms with Crippen molar-refractivity contribution in [3.63, 3.8) is 0 Å². The summed E-state index contributed by atoms with van der Waals surface area (Å²) < 4.78 is 5.26. The molecule has 20 heavy (non-hydrogen) atoms. The molecule has 1 fully saturated rings. The maximum Gasteiger partial charge on any atom is 0.339 e. The van der Waals surface area contributed by atoms with Crippen molar-refractivity contribution < 1.29 is 19.4 Å². The number of carbonyl (C=O) groups excluding carboxylic acids is 2. The van der Waals surface area contributed by atoms with Crippen molar-refractivity contribution >= 4 is 33.6 Å². The molecule has 1 heterocycles. The van der Waals surface area contributed by atoms with Gasteiger partial charge >= 0.3 is 12.0 Å². The van der Waals surface area contributed by atoms with Crippen LogP contribution in [0.2, 0.25) is 0 Å². The summed E-state index contributed by atoms with van der Waals surface area (Å²) in [6, 6.07) is 4.60. The normalized spacial score (nSPS) is 17.9. The molecule has 1 aromatic carbocycles. The molecule has 108 valence electrons. The molecule has 2 N–H and O–H groups in total. The van der Waals surface area contributed by atoms with Crippen LogP contribution in [0.15, 0.2) is 22.7 Å². The second-order valence-corrected chi connectivity index (χ2v) is 5.36. The van der Waals surface area contributed by atoms with E-state index in [1.165, 1.54) is 12.0 Å². The minimum absolute atomic E-state index is 0.292. The number of ether oxygens (including phenoxy) is 1. The first-order valence-electron chi connectivity index (χ1n) is 6.13. The van der Waals surface area contributed by atoms with E-state index < -0.39 is 12.1 Å². The van der Waals surface area contributed by atoms with Crippen molar-refractivity contribution in [2.75, 3.05) is 25.5 Å². The summed E-state index contributed by atoms with van der Waals surface area (Å²) >= 11 is 3.26. The Kier molecular flexibility index (Phi) is 4.61. The molecule has 1 aromatic rings. The van der Waals surface area contributed by atoms with E-state index in [4.69, 9.17) is 0 Å². The smallest absolute Gasteiger partial charge is 0.339 e. The van der Waals surface area contributed by atoms with Crippen molar-refractivity contribution in [3.8, 4) is 0 Å². The highest BCUT2D eigenvalue weighted by atomic mass is 79.9. The molecule has 0 spiro atoms. The molecular formula is C13H15BrN2O4. The van der Waals surface area contributed by atoms with Crippen LogP contribution in [0, 0.1) is 0 Å². The monoisotopic (exact) mass is 342 g/mol. The zero-order valence-corrected chi connectivity index (χ0v) is 12.5. The Labute approximate surface area is 124 Å². The zero-order chi connectivity index (χ0) is 14.7. The first kappa shape index (κ1) is 14.8. The van der Waals surface area contributed by atoms with Gasteiger partial charge in [-0.15, -0.1) is 0 Å². The van der Waals surface area contributed by atoms with Crippen LogP contribution in [0.5, 0.6) is 0 Å². The second kappa shape index (κ2) is 6.23. The Balaban J connectivity index is 2.10. The van der Waals surface area contributed by atoms with Crippen LogP contribution in [0.25, 0.3) is 0 Å². The molecule has 1 aliphatic heterocycles. The van der Waals surface area contributed by atoms with Gasteiger partial charge < -0.3 is 20.1 Å². The van der Waals surface area contributed by atoms with Gasteiger partial charge in [-0.2, -0.15) is 0 Å². The second-order valence-electron chi connectivity index (χ2n) is 4.50. The number of benzene rings is 1. The first-order chi connectivity index (χ1) is 9.51. The van der Waals surface area contributed by atoms with Gasteiger partial charge in [0.1, 0.15) is 0 Å². The Morgan fingerprint density at radius 3 is 2.85 bits per heavy atom. The van der Waals surface area contributed by atoms with E-state index in [2.05, 4.69) is 26.0 Å². The standard InChI is InChI=1S/C13H15BrN2O4/c1-20-12(18)10-6-8(2-3-11(10)14)15-13(19)16-5-4-9(17)7-16/h2-3,6,9,17H,4-5,7H2,1H3,(H,15,19)/t9-/m1/s1. The molecule has 0 saturated carbocycles. The summed E-state index contributed by atoms with van der Waals surface area (Å²) in [5.74, 6) is -0.482. The van der Waals surface area contributed by atoms with Crippen molar-refractivity contribution in [1.29, 1.82) is 0 Å². The third kappa shape index (κ3) is 3.29. The number of hydrogen-bond donors (Lipinski definition) is 2. The first-order valence-corrected chi connectivity index (χ1v) is 6.92. The summed E-state index contributed by atoms with van der Waals surface area (Å²) in [5, 5.41) is 12.1. The molecule has 2 amide bonds. The highest BCUT2D eigenvalue weighted by Crippen LogP contribution is 2.22. The van der Waals surface area contributed by atoms with Crippen molar-refractivity contribution in [3.05, 3.63) is 28.2 Å². The van der Waals surface area contributed by atoms with E-state index in [9.17, 15) is 14.7 Å². The van der Waals surface area contributed by atoms with E-state index in [1.807, 2.05) is 0 Å². The predicted octanol–water partition coefficient (Wildman–Crippen LogP) is 1.83. The van der Waals surface area contributed by atoms with Crippen molar-refractivity contribution in [1.82, 2.24) is 4.90 Å². The van der Waals surface area contributed by atoms with E-state index >= 15 is 0 Å². The number of aliphatic hydroxyl groups is 1. The summed E-state index contributed by atoms with van der Waals surface area (Å²) in [6.07, 6.45) is 0.123. The SMILES string of the molecule is COC(=O)c1cc(NC(=O)N2CC[C@@H](O)C2)ccc1Br. The fraction of sp³-hybridized carbons (Fsp3) is 0.385. The largest absolute Gasteiger partial charge is 0.465 e. The number of β-amino-alcohol motifs (C(OH)–C–C–N with tert-alkyl or cyclic N) is 1. The third-order valence-corrected chi connectivity index (χ3v) is 3.77.